The van der Waals surface area contributed by atoms with Gasteiger partial charge in [-0.1, -0.05) is 62.4 Å². The monoisotopic (exact) mass is 231 g/mol. The molecule has 0 bridgehead atoms. The Labute approximate surface area is 106 Å². The predicted molar refractivity (Wildman–Crippen MR) is 74.1 cm³/mol. The number of benzene rings is 1. The minimum Gasteiger partial charge on any atom is -0.310 e. The fourth-order valence-electron chi connectivity index (χ4n) is 2.84. The van der Waals surface area contributed by atoms with Gasteiger partial charge < -0.3 is 5.32 Å². The van der Waals surface area contributed by atoms with Crippen molar-refractivity contribution < 1.29 is 0 Å². The average molecular weight is 231 g/mol. The summed E-state index contributed by atoms with van der Waals surface area (Å²) in [6.07, 6.45) is 8.65. The molecule has 1 atom stereocenters. The molecule has 1 unspecified atom stereocenters. The Bertz CT molecular complexity index is 301. The van der Waals surface area contributed by atoms with E-state index in [0.717, 1.165) is 5.92 Å². The zero-order chi connectivity index (χ0) is 11.9. The van der Waals surface area contributed by atoms with Gasteiger partial charge in [-0.2, -0.15) is 0 Å². The molecule has 0 heterocycles. The maximum absolute atomic E-state index is 3.65. The van der Waals surface area contributed by atoms with Crippen molar-refractivity contribution in [2.24, 2.45) is 5.92 Å². The summed E-state index contributed by atoms with van der Waals surface area (Å²) >= 11 is 0. The van der Waals surface area contributed by atoms with Crippen molar-refractivity contribution in [1.82, 2.24) is 5.32 Å². The van der Waals surface area contributed by atoms with Crippen molar-refractivity contribution in [2.45, 2.75) is 51.5 Å². The van der Waals surface area contributed by atoms with Gasteiger partial charge in [0, 0.05) is 6.04 Å². The van der Waals surface area contributed by atoms with Crippen LogP contribution in [0, 0.1) is 5.92 Å². The summed E-state index contributed by atoms with van der Waals surface area (Å²) in [4.78, 5) is 0. The van der Waals surface area contributed by atoms with E-state index in [1.807, 2.05) is 0 Å². The average Bonchev–Trinajstić information content (AvgIpc) is 2.41. The number of hydrogen-bond acceptors (Lipinski definition) is 1. The molecule has 0 saturated heterocycles. The molecular formula is C16H25N. The molecule has 1 saturated carbocycles. The van der Waals surface area contributed by atoms with Gasteiger partial charge in [0.2, 0.25) is 0 Å². The summed E-state index contributed by atoms with van der Waals surface area (Å²) in [6, 6.07) is 11.2. The fraction of sp³-hybridized carbons (Fsp3) is 0.625. The van der Waals surface area contributed by atoms with E-state index >= 15 is 0 Å². The first kappa shape index (κ1) is 12.6. The standard InChI is InChI=1S/C16H25N/c1-14(16-10-6-3-7-11-16)17-13-12-15-8-4-2-5-9-15/h3,6-7,10-11,14-15,17H,2,4-5,8-9,12-13H2,1H3. The van der Waals surface area contributed by atoms with Crippen molar-refractivity contribution in [3.05, 3.63) is 35.9 Å². The largest absolute Gasteiger partial charge is 0.310 e. The SMILES string of the molecule is CC(NCCC1CCCCC1)c1ccccc1. The molecule has 0 aliphatic heterocycles. The maximum atomic E-state index is 3.65. The number of hydrogen-bond donors (Lipinski definition) is 1. The molecule has 1 fully saturated rings. The predicted octanol–water partition coefficient (Wildman–Crippen LogP) is 4.31. The highest BCUT2D eigenvalue weighted by Crippen LogP contribution is 2.26. The first-order valence-electron chi connectivity index (χ1n) is 7.14. The minimum absolute atomic E-state index is 0.486. The van der Waals surface area contributed by atoms with Crippen LogP contribution in [-0.2, 0) is 0 Å². The van der Waals surface area contributed by atoms with E-state index in [0.29, 0.717) is 6.04 Å². The lowest BCUT2D eigenvalue weighted by atomic mass is 9.87. The summed E-state index contributed by atoms with van der Waals surface area (Å²) < 4.78 is 0. The summed E-state index contributed by atoms with van der Waals surface area (Å²) in [5.41, 5.74) is 1.40. The van der Waals surface area contributed by atoms with Gasteiger partial charge in [-0.3, -0.25) is 0 Å². The lowest BCUT2D eigenvalue weighted by molar-refractivity contribution is 0.329. The third kappa shape index (κ3) is 4.16. The Balaban J connectivity index is 1.67. The van der Waals surface area contributed by atoms with Gasteiger partial charge in [0.15, 0.2) is 0 Å². The Morgan fingerprint density at radius 1 is 1.12 bits per heavy atom. The second-order valence-corrected chi connectivity index (χ2v) is 5.38. The topological polar surface area (TPSA) is 12.0 Å². The molecule has 17 heavy (non-hydrogen) atoms. The van der Waals surface area contributed by atoms with Crippen LogP contribution >= 0.6 is 0 Å². The zero-order valence-electron chi connectivity index (χ0n) is 11.0. The van der Waals surface area contributed by atoms with E-state index in [1.54, 1.807) is 0 Å². The molecule has 1 aliphatic carbocycles. The Hall–Kier alpha value is -0.820. The quantitative estimate of drug-likeness (QED) is 0.796. The molecular weight excluding hydrogens is 206 g/mol. The van der Waals surface area contributed by atoms with Gasteiger partial charge in [0.05, 0.1) is 0 Å². The third-order valence-electron chi connectivity index (χ3n) is 4.03. The van der Waals surface area contributed by atoms with Gasteiger partial charge in [-0.05, 0) is 31.4 Å². The Morgan fingerprint density at radius 2 is 1.82 bits per heavy atom. The highest BCUT2D eigenvalue weighted by Gasteiger charge is 2.13. The highest BCUT2D eigenvalue weighted by atomic mass is 14.9. The first-order chi connectivity index (χ1) is 8.36. The maximum Gasteiger partial charge on any atom is 0.0291 e. The van der Waals surface area contributed by atoms with Crippen LogP contribution in [0.4, 0.5) is 0 Å². The van der Waals surface area contributed by atoms with Crippen molar-refractivity contribution in [2.75, 3.05) is 6.54 Å². The molecule has 1 aromatic rings. The summed E-state index contributed by atoms with van der Waals surface area (Å²) in [5, 5.41) is 3.65. The Kier molecular flexibility index (Phi) is 5.06. The van der Waals surface area contributed by atoms with Gasteiger partial charge in [-0.25, -0.2) is 0 Å². The normalized spacial score (nSPS) is 19.1. The van der Waals surface area contributed by atoms with E-state index in [2.05, 4.69) is 42.6 Å². The zero-order valence-corrected chi connectivity index (χ0v) is 11.0. The van der Waals surface area contributed by atoms with Crippen LogP contribution in [-0.4, -0.2) is 6.54 Å². The van der Waals surface area contributed by atoms with Gasteiger partial charge >= 0.3 is 0 Å². The molecule has 1 nitrogen and oxygen atoms in total. The van der Waals surface area contributed by atoms with Crippen molar-refractivity contribution >= 4 is 0 Å². The molecule has 1 aliphatic rings. The number of rotatable bonds is 5. The summed E-state index contributed by atoms with van der Waals surface area (Å²) in [5.74, 6) is 0.985. The second-order valence-electron chi connectivity index (χ2n) is 5.38. The second kappa shape index (κ2) is 6.80. The molecule has 0 radical (unpaired) electrons. The van der Waals surface area contributed by atoms with Crippen LogP contribution in [0.5, 0.6) is 0 Å². The van der Waals surface area contributed by atoms with Crippen LogP contribution in [0.3, 0.4) is 0 Å². The van der Waals surface area contributed by atoms with Crippen LogP contribution in [0.15, 0.2) is 30.3 Å². The van der Waals surface area contributed by atoms with Crippen LogP contribution in [0.25, 0.3) is 0 Å². The molecule has 94 valence electrons. The molecule has 1 aromatic carbocycles. The summed E-state index contributed by atoms with van der Waals surface area (Å²) in [7, 11) is 0. The van der Waals surface area contributed by atoms with Gasteiger partial charge in [0.1, 0.15) is 0 Å². The molecule has 1 heteroatoms. The molecule has 2 rings (SSSR count). The minimum atomic E-state index is 0.486. The van der Waals surface area contributed by atoms with Crippen molar-refractivity contribution in [3.63, 3.8) is 0 Å². The molecule has 0 aromatic heterocycles. The van der Waals surface area contributed by atoms with Crippen LogP contribution < -0.4 is 5.32 Å². The van der Waals surface area contributed by atoms with Gasteiger partial charge in [0.25, 0.3) is 0 Å². The van der Waals surface area contributed by atoms with E-state index in [4.69, 9.17) is 0 Å². The van der Waals surface area contributed by atoms with Crippen LogP contribution in [0.2, 0.25) is 0 Å². The summed E-state index contributed by atoms with van der Waals surface area (Å²) in [6.45, 7) is 3.43. The van der Waals surface area contributed by atoms with Crippen molar-refractivity contribution in [3.8, 4) is 0 Å². The number of nitrogens with one attached hydrogen (secondary N) is 1. The van der Waals surface area contributed by atoms with Crippen molar-refractivity contribution in [1.29, 1.82) is 0 Å². The van der Waals surface area contributed by atoms with E-state index in [9.17, 15) is 0 Å². The fourth-order valence-corrected chi connectivity index (χ4v) is 2.84. The van der Waals surface area contributed by atoms with Gasteiger partial charge in [-0.15, -0.1) is 0 Å². The first-order valence-corrected chi connectivity index (χ1v) is 7.14. The van der Waals surface area contributed by atoms with Crippen LogP contribution in [0.1, 0.15) is 57.1 Å². The van der Waals surface area contributed by atoms with E-state index in [-0.39, 0.29) is 0 Å². The smallest absolute Gasteiger partial charge is 0.0291 e. The molecule has 1 N–H and O–H groups in total. The highest BCUT2D eigenvalue weighted by molar-refractivity contribution is 5.17. The van der Waals surface area contributed by atoms with E-state index in [1.165, 1.54) is 50.6 Å². The third-order valence-corrected chi connectivity index (χ3v) is 4.03. The van der Waals surface area contributed by atoms with E-state index < -0.39 is 0 Å². The Morgan fingerprint density at radius 3 is 2.53 bits per heavy atom. The molecule has 0 amide bonds. The molecule has 0 spiro atoms. The lowest BCUT2D eigenvalue weighted by Crippen LogP contribution is -2.22. The lowest BCUT2D eigenvalue weighted by Gasteiger charge is -2.22.